The summed E-state index contributed by atoms with van der Waals surface area (Å²) in [7, 11) is 0. The Bertz CT molecular complexity index is 442. The molecule has 0 aromatic heterocycles. The summed E-state index contributed by atoms with van der Waals surface area (Å²) in [4.78, 5) is 11.3. The van der Waals surface area contributed by atoms with E-state index < -0.39 is 0 Å². The van der Waals surface area contributed by atoms with Gasteiger partial charge in [0, 0.05) is 13.4 Å². The van der Waals surface area contributed by atoms with Gasteiger partial charge >= 0.3 is 0 Å². The van der Waals surface area contributed by atoms with Crippen LogP contribution in [0.5, 0.6) is 0 Å². The fourth-order valence-electron chi connectivity index (χ4n) is 0.889. The first-order valence-corrected chi connectivity index (χ1v) is 7.81. The molecule has 1 aromatic carbocycles. The van der Waals surface area contributed by atoms with E-state index in [1.807, 2.05) is 0 Å². The van der Waals surface area contributed by atoms with E-state index in [9.17, 15) is 4.79 Å². The second kappa shape index (κ2) is 6.13. The SMILES string of the molecule is C=CC(=O)Nc1c(Br)c(Br)c(Br)c(Br)c1Br. The van der Waals surface area contributed by atoms with Crippen LogP contribution in [-0.4, -0.2) is 5.91 Å². The fourth-order valence-corrected chi connectivity index (χ4v) is 4.13. The highest BCUT2D eigenvalue weighted by molar-refractivity contribution is 9.15. The van der Waals surface area contributed by atoms with E-state index in [2.05, 4.69) is 91.5 Å². The van der Waals surface area contributed by atoms with Gasteiger partial charge in [0.2, 0.25) is 5.91 Å². The summed E-state index contributed by atoms with van der Waals surface area (Å²) in [6.07, 6.45) is 1.21. The minimum atomic E-state index is -0.275. The van der Waals surface area contributed by atoms with E-state index in [4.69, 9.17) is 0 Å². The monoisotopic (exact) mass is 537 g/mol. The Morgan fingerprint density at radius 3 is 1.69 bits per heavy atom. The Morgan fingerprint density at radius 2 is 1.31 bits per heavy atom. The largest absolute Gasteiger partial charge is 0.320 e. The molecule has 0 atom stereocenters. The summed E-state index contributed by atoms with van der Waals surface area (Å²) in [6, 6.07) is 0. The molecule has 0 spiro atoms. The molecule has 0 saturated heterocycles. The van der Waals surface area contributed by atoms with Crippen LogP contribution >= 0.6 is 79.6 Å². The van der Waals surface area contributed by atoms with Crippen LogP contribution in [0.1, 0.15) is 0 Å². The lowest BCUT2D eigenvalue weighted by Gasteiger charge is -2.13. The van der Waals surface area contributed by atoms with Crippen molar-refractivity contribution in [2.24, 2.45) is 0 Å². The quantitative estimate of drug-likeness (QED) is 0.294. The number of amides is 1. The van der Waals surface area contributed by atoms with Crippen LogP contribution in [0.2, 0.25) is 0 Å². The number of carbonyl (C=O) groups is 1. The lowest BCUT2D eigenvalue weighted by Crippen LogP contribution is -2.09. The maximum atomic E-state index is 11.3. The summed E-state index contributed by atoms with van der Waals surface area (Å²) in [5.74, 6) is -0.275. The van der Waals surface area contributed by atoms with Gasteiger partial charge in [-0.1, -0.05) is 6.58 Å². The molecule has 0 aliphatic rings. The summed E-state index contributed by atoms with van der Waals surface area (Å²) in [5.41, 5.74) is 0.631. The minimum Gasteiger partial charge on any atom is -0.320 e. The lowest BCUT2D eigenvalue weighted by molar-refractivity contribution is -0.111. The average molecular weight is 542 g/mol. The van der Waals surface area contributed by atoms with Crippen molar-refractivity contribution < 1.29 is 4.79 Å². The highest BCUT2D eigenvalue weighted by Crippen LogP contribution is 2.47. The second-order valence-corrected chi connectivity index (χ2v) is 6.60. The highest BCUT2D eigenvalue weighted by atomic mass is 79.9. The van der Waals surface area contributed by atoms with Crippen molar-refractivity contribution in [2.45, 2.75) is 0 Å². The van der Waals surface area contributed by atoms with Gasteiger partial charge in [0.15, 0.2) is 0 Å². The summed E-state index contributed by atoms with van der Waals surface area (Å²) < 4.78 is 3.95. The van der Waals surface area contributed by atoms with Gasteiger partial charge in [-0.3, -0.25) is 4.79 Å². The zero-order valence-corrected chi connectivity index (χ0v) is 15.5. The molecule has 0 bridgehead atoms. The third kappa shape index (κ3) is 2.98. The van der Waals surface area contributed by atoms with Crippen LogP contribution in [0.4, 0.5) is 5.69 Å². The fraction of sp³-hybridized carbons (Fsp3) is 0. The minimum absolute atomic E-state index is 0.275. The number of carbonyl (C=O) groups excluding carboxylic acids is 1. The first-order chi connectivity index (χ1) is 7.40. The van der Waals surface area contributed by atoms with E-state index in [1.165, 1.54) is 6.08 Å². The van der Waals surface area contributed by atoms with Gasteiger partial charge in [0.25, 0.3) is 0 Å². The molecule has 16 heavy (non-hydrogen) atoms. The molecular formula is C9H4Br5NO. The van der Waals surface area contributed by atoms with Crippen molar-refractivity contribution in [1.82, 2.24) is 0 Å². The Hall–Kier alpha value is 0.830. The van der Waals surface area contributed by atoms with Gasteiger partial charge in [0.05, 0.1) is 14.6 Å². The lowest BCUT2D eigenvalue weighted by atomic mass is 10.3. The molecule has 0 unspecified atom stereocenters. The van der Waals surface area contributed by atoms with Gasteiger partial charge < -0.3 is 5.32 Å². The summed E-state index contributed by atoms with van der Waals surface area (Å²) >= 11 is 17.0. The van der Waals surface area contributed by atoms with Crippen LogP contribution in [0.3, 0.4) is 0 Å². The molecule has 0 aliphatic carbocycles. The number of halogens is 5. The number of anilines is 1. The van der Waals surface area contributed by atoms with E-state index in [0.29, 0.717) is 5.69 Å². The molecule has 7 heteroatoms. The van der Waals surface area contributed by atoms with Crippen molar-refractivity contribution in [3.63, 3.8) is 0 Å². The zero-order chi connectivity index (χ0) is 12.5. The average Bonchev–Trinajstić information content (AvgIpc) is 2.29. The Kier molecular flexibility index (Phi) is 5.71. The van der Waals surface area contributed by atoms with Crippen molar-refractivity contribution in [3.05, 3.63) is 35.0 Å². The van der Waals surface area contributed by atoms with Gasteiger partial charge in [0.1, 0.15) is 0 Å². The highest BCUT2D eigenvalue weighted by Gasteiger charge is 2.18. The molecule has 0 radical (unpaired) electrons. The Morgan fingerprint density at radius 1 is 0.938 bits per heavy atom. The first kappa shape index (κ1) is 14.9. The predicted molar refractivity (Wildman–Crippen MR) is 83.8 cm³/mol. The molecule has 1 N–H and O–H groups in total. The van der Waals surface area contributed by atoms with Gasteiger partial charge in [-0.05, 0) is 85.7 Å². The molecule has 0 aliphatic heterocycles. The molecule has 1 rings (SSSR count). The van der Waals surface area contributed by atoms with Gasteiger partial charge in [-0.15, -0.1) is 0 Å². The molecule has 86 valence electrons. The first-order valence-electron chi connectivity index (χ1n) is 3.85. The normalized spacial score (nSPS) is 10.1. The molecule has 1 amide bonds. The Labute approximate surface area is 135 Å². The van der Waals surface area contributed by atoms with E-state index >= 15 is 0 Å². The Balaban J connectivity index is 3.39. The molecule has 0 heterocycles. The van der Waals surface area contributed by atoms with Crippen LogP contribution in [0.15, 0.2) is 35.0 Å². The molecule has 1 aromatic rings. The summed E-state index contributed by atoms with van der Waals surface area (Å²) in [5, 5.41) is 2.71. The van der Waals surface area contributed by atoms with Gasteiger partial charge in [-0.25, -0.2) is 0 Å². The third-order valence-electron chi connectivity index (χ3n) is 1.64. The second-order valence-electron chi connectivity index (χ2n) is 2.64. The predicted octanol–water partition coefficient (Wildman–Crippen LogP) is 5.62. The maximum Gasteiger partial charge on any atom is 0.247 e. The topological polar surface area (TPSA) is 29.1 Å². The van der Waals surface area contributed by atoms with Crippen molar-refractivity contribution in [3.8, 4) is 0 Å². The molecule has 2 nitrogen and oxygen atoms in total. The van der Waals surface area contributed by atoms with E-state index in [-0.39, 0.29) is 5.91 Å². The molecule has 0 fully saturated rings. The number of benzene rings is 1. The molecular weight excluding hydrogens is 538 g/mol. The van der Waals surface area contributed by atoms with Crippen LogP contribution in [-0.2, 0) is 4.79 Å². The number of rotatable bonds is 2. The van der Waals surface area contributed by atoms with Crippen molar-refractivity contribution in [2.75, 3.05) is 5.32 Å². The standard InChI is InChI=1S/C9H4Br5NO/c1-2-3(16)15-9-7(13)5(11)4(10)6(12)8(9)14/h2H,1H2,(H,15,16). The van der Waals surface area contributed by atoms with Crippen LogP contribution in [0, 0.1) is 0 Å². The zero-order valence-electron chi connectivity index (χ0n) is 7.58. The molecule has 0 saturated carbocycles. The number of nitrogens with one attached hydrogen (secondary N) is 1. The van der Waals surface area contributed by atoms with Crippen molar-refractivity contribution >= 4 is 91.2 Å². The van der Waals surface area contributed by atoms with E-state index in [0.717, 1.165) is 22.4 Å². The smallest absolute Gasteiger partial charge is 0.247 e. The maximum absolute atomic E-state index is 11.3. The third-order valence-corrected chi connectivity index (χ3v) is 7.74. The van der Waals surface area contributed by atoms with Crippen LogP contribution in [0.25, 0.3) is 0 Å². The number of hydrogen-bond acceptors (Lipinski definition) is 1. The van der Waals surface area contributed by atoms with Crippen molar-refractivity contribution in [1.29, 1.82) is 0 Å². The number of hydrogen-bond donors (Lipinski definition) is 1. The van der Waals surface area contributed by atoms with E-state index in [1.54, 1.807) is 0 Å². The van der Waals surface area contributed by atoms with Gasteiger partial charge in [-0.2, -0.15) is 0 Å². The summed E-state index contributed by atoms with van der Waals surface area (Å²) in [6.45, 7) is 3.40. The van der Waals surface area contributed by atoms with Crippen LogP contribution < -0.4 is 5.32 Å².